The van der Waals surface area contributed by atoms with E-state index in [9.17, 15) is 0 Å². The number of ether oxygens (including phenoxy) is 1. The van der Waals surface area contributed by atoms with E-state index in [0.29, 0.717) is 5.92 Å². The molecule has 1 saturated carbocycles. The number of nitriles is 1. The molecule has 13 heavy (non-hydrogen) atoms. The lowest BCUT2D eigenvalue weighted by molar-refractivity contribution is -0.0309. The lowest BCUT2D eigenvalue weighted by Crippen LogP contribution is -2.35. The minimum absolute atomic E-state index is 0.189. The van der Waals surface area contributed by atoms with Crippen molar-refractivity contribution in [2.24, 2.45) is 11.8 Å². The van der Waals surface area contributed by atoms with E-state index in [-0.39, 0.29) is 12.0 Å². The molecule has 2 atom stereocenters. The Bertz CT molecular complexity index is 199. The Kier molecular flexibility index (Phi) is 2.85. The van der Waals surface area contributed by atoms with Gasteiger partial charge in [-0.2, -0.15) is 5.26 Å². The number of rotatable bonds is 2. The standard InChI is InChI=1S/C11H17NO/c12-8-10(9-4-3-5-9)11-6-1-2-7-13-11/h9-11H,1-7H2. The van der Waals surface area contributed by atoms with Crippen LogP contribution in [0.5, 0.6) is 0 Å². The first-order chi connectivity index (χ1) is 6.42. The lowest BCUT2D eigenvalue weighted by atomic mass is 9.73. The molecular formula is C11H17NO. The van der Waals surface area contributed by atoms with E-state index in [2.05, 4.69) is 6.07 Å². The first-order valence-corrected chi connectivity index (χ1v) is 5.43. The average molecular weight is 179 g/mol. The van der Waals surface area contributed by atoms with Crippen LogP contribution in [0.3, 0.4) is 0 Å². The molecule has 1 heterocycles. The molecule has 2 fully saturated rings. The highest BCUT2D eigenvalue weighted by molar-refractivity contribution is 4.97. The van der Waals surface area contributed by atoms with Crippen LogP contribution in [0.2, 0.25) is 0 Å². The number of nitrogens with zero attached hydrogens (tertiary/aromatic N) is 1. The smallest absolute Gasteiger partial charge is 0.0753 e. The van der Waals surface area contributed by atoms with E-state index in [1.165, 1.54) is 32.1 Å². The van der Waals surface area contributed by atoms with Gasteiger partial charge in [-0.1, -0.05) is 6.42 Å². The van der Waals surface area contributed by atoms with Crippen LogP contribution in [-0.2, 0) is 4.74 Å². The summed E-state index contributed by atoms with van der Waals surface area (Å²) in [5.74, 6) is 0.835. The molecule has 0 aromatic carbocycles. The molecule has 0 amide bonds. The van der Waals surface area contributed by atoms with Gasteiger partial charge in [-0.15, -0.1) is 0 Å². The van der Waals surface area contributed by atoms with E-state index in [4.69, 9.17) is 10.00 Å². The van der Waals surface area contributed by atoms with Crippen LogP contribution in [0.25, 0.3) is 0 Å². The van der Waals surface area contributed by atoms with Gasteiger partial charge in [0.05, 0.1) is 18.1 Å². The Labute approximate surface area is 79.9 Å². The van der Waals surface area contributed by atoms with Crippen molar-refractivity contribution in [1.29, 1.82) is 5.26 Å². The van der Waals surface area contributed by atoms with E-state index >= 15 is 0 Å². The molecule has 72 valence electrons. The van der Waals surface area contributed by atoms with E-state index in [1.54, 1.807) is 0 Å². The van der Waals surface area contributed by atoms with E-state index < -0.39 is 0 Å². The van der Waals surface area contributed by atoms with Crippen molar-refractivity contribution >= 4 is 0 Å². The molecule has 0 bridgehead atoms. The first kappa shape index (κ1) is 9.02. The minimum atomic E-state index is 0.189. The van der Waals surface area contributed by atoms with Crippen LogP contribution in [0, 0.1) is 23.2 Å². The second kappa shape index (κ2) is 4.11. The summed E-state index contributed by atoms with van der Waals surface area (Å²) in [5.41, 5.74) is 0. The van der Waals surface area contributed by atoms with Gasteiger partial charge in [0.1, 0.15) is 0 Å². The summed E-state index contributed by atoms with van der Waals surface area (Å²) in [6.45, 7) is 0.871. The topological polar surface area (TPSA) is 33.0 Å². The fourth-order valence-electron chi connectivity index (χ4n) is 2.34. The van der Waals surface area contributed by atoms with Crippen LogP contribution in [0.4, 0.5) is 0 Å². The van der Waals surface area contributed by atoms with Gasteiger partial charge in [0.2, 0.25) is 0 Å². The van der Waals surface area contributed by atoms with Gasteiger partial charge in [-0.05, 0) is 38.0 Å². The Morgan fingerprint density at radius 1 is 1.15 bits per heavy atom. The van der Waals surface area contributed by atoms with Crippen molar-refractivity contribution in [2.75, 3.05) is 6.61 Å². The number of hydrogen-bond acceptors (Lipinski definition) is 2. The van der Waals surface area contributed by atoms with E-state index in [0.717, 1.165) is 13.0 Å². The SMILES string of the molecule is N#CC(C1CCC1)C1CCCCO1. The van der Waals surface area contributed by atoms with Crippen molar-refractivity contribution in [1.82, 2.24) is 0 Å². The molecule has 2 nitrogen and oxygen atoms in total. The summed E-state index contributed by atoms with van der Waals surface area (Å²) in [5, 5.41) is 9.08. The fourth-order valence-corrected chi connectivity index (χ4v) is 2.34. The van der Waals surface area contributed by atoms with Crippen LogP contribution < -0.4 is 0 Å². The van der Waals surface area contributed by atoms with Crippen LogP contribution >= 0.6 is 0 Å². The van der Waals surface area contributed by atoms with Gasteiger partial charge in [-0.25, -0.2) is 0 Å². The molecule has 2 aliphatic rings. The van der Waals surface area contributed by atoms with E-state index in [1.807, 2.05) is 0 Å². The summed E-state index contributed by atoms with van der Waals surface area (Å²) in [6, 6.07) is 2.45. The van der Waals surface area contributed by atoms with Gasteiger partial charge in [0.25, 0.3) is 0 Å². The summed E-state index contributed by atoms with van der Waals surface area (Å²) < 4.78 is 5.67. The zero-order valence-corrected chi connectivity index (χ0v) is 8.04. The maximum Gasteiger partial charge on any atom is 0.0753 e. The third-order valence-corrected chi connectivity index (χ3v) is 3.42. The highest BCUT2D eigenvalue weighted by Crippen LogP contribution is 2.37. The molecule has 0 radical (unpaired) electrons. The highest BCUT2D eigenvalue weighted by Gasteiger charge is 2.34. The lowest BCUT2D eigenvalue weighted by Gasteiger charge is -2.36. The molecule has 1 aliphatic heterocycles. The summed E-state index contributed by atoms with van der Waals surface area (Å²) in [6.07, 6.45) is 7.60. The van der Waals surface area contributed by atoms with Gasteiger partial charge in [-0.3, -0.25) is 0 Å². The minimum Gasteiger partial charge on any atom is -0.377 e. The Hall–Kier alpha value is -0.550. The molecule has 2 rings (SSSR count). The zero-order chi connectivity index (χ0) is 9.10. The molecule has 0 spiro atoms. The van der Waals surface area contributed by atoms with Gasteiger partial charge in [0.15, 0.2) is 0 Å². The first-order valence-electron chi connectivity index (χ1n) is 5.43. The molecule has 0 aromatic heterocycles. The maximum atomic E-state index is 9.08. The molecule has 2 unspecified atom stereocenters. The summed E-state index contributed by atoms with van der Waals surface area (Å²) >= 11 is 0. The monoisotopic (exact) mass is 179 g/mol. The van der Waals surface area contributed by atoms with Crippen LogP contribution in [0.15, 0.2) is 0 Å². The number of hydrogen-bond donors (Lipinski definition) is 0. The highest BCUT2D eigenvalue weighted by atomic mass is 16.5. The summed E-state index contributed by atoms with van der Waals surface area (Å²) in [7, 11) is 0. The van der Waals surface area contributed by atoms with Crippen molar-refractivity contribution in [3.63, 3.8) is 0 Å². The van der Waals surface area contributed by atoms with Crippen molar-refractivity contribution < 1.29 is 4.74 Å². The van der Waals surface area contributed by atoms with Crippen molar-refractivity contribution in [2.45, 2.75) is 44.6 Å². The molecule has 1 aliphatic carbocycles. The molecular weight excluding hydrogens is 162 g/mol. The van der Waals surface area contributed by atoms with Crippen LogP contribution in [0.1, 0.15) is 38.5 Å². The van der Waals surface area contributed by atoms with Crippen molar-refractivity contribution in [3.8, 4) is 6.07 Å². The quantitative estimate of drug-likeness (QED) is 0.652. The normalized spacial score (nSPS) is 31.8. The average Bonchev–Trinajstić information content (AvgIpc) is 2.12. The third-order valence-electron chi connectivity index (χ3n) is 3.42. The third kappa shape index (κ3) is 1.86. The second-order valence-corrected chi connectivity index (χ2v) is 4.25. The molecule has 2 heteroatoms. The summed E-state index contributed by atoms with van der Waals surface area (Å²) in [4.78, 5) is 0. The Balaban J connectivity index is 1.90. The second-order valence-electron chi connectivity index (χ2n) is 4.25. The molecule has 0 aromatic rings. The predicted octanol–water partition coefficient (Wildman–Crippen LogP) is 2.50. The van der Waals surface area contributed by atoms with Gasteiger partial charge in [0, 0.05) is 6.61 Å². The van der Waals surface area contributed by atoms with Crippen molar-refractivity contribution in [3.05, 3.63) is 0 Å². The van der Waals surface area contributed by atoms with Gasteiger partial charge < -0.3 is 4.74 Å². The Morgan fingerprint density at radius 2 is 2.00 bits per heavy atom. The van der Waals surface area contributed by atoms with Gasteiger partial charge >= 0.3 is 0 Å². The predicted molar refractivity (Wildman–Crippen MR) is 50.0 cm³/mol. The maximum absolute atomic E-state index is 9.08. The van der Waals surface area contributed by atoms with Crippen LogP contribution in [-0.4, -0.2) is 12.7 Å². The zero-order valence-electron chi connectivity index (χ0n) is 8.04. The Morgan fingerprint density at radius 3 is 2.46 bits per heavy atom. The molecule has 1 saturated heterocycles. The molecule has 0 N–H and O–H groups in total. The fraction of sp³-hybridized carbons (Fsp3) is 0.909. The largest absolute Gasteiger partial charge is 0.377 e.